The molecule has 1 unspecified atom stereocenters. The Labute approximate surface area is 79.5 Å². The zero-order valence-corrected chi connectivity index (χ0v) is 7.49. The second-order valence-corrected chi connectivity index (χ2v) is 3.46. The number of fused-ring (bicyclic) bond motifs is 1. The first-order valence-electron chi connectivity index (χ1n) is 3.43. The largest absolute Gasteiger partial charge is 0.324 e. The quantitative estimate of drug-likeness (QED) is 0.643. The first-order valence-corrected chi connectivity index (χ1v) is 4.24. The fraction of sp³-hybridized carbons (Fsp3) is 0.125. The number of halogens is 2. The highest BCUT2D eigenvalue weighted by Crippen LogP contribution is 2.36. The van der Waals surface area contributed by atoms with Gasteiger partial charge in [0.25, 0.3) is 0 Å². The van der Waals surface area contributed by atoms with Gasteiger partial charge in [-0.1, -0.05) is 11.6 Å². The number of nitrogens with one attached hydrogen (secondary N) is 1. The second kappa shape index (κ2) is 2.64. The Morgan fingerprint density at radius 3 is 2.92 bits per heavy atom. The van der Waals surface area contributed by atoms with Crippen LogP contribution < -0.4 is 5.32 Å². The molecule has 1 N–H and O–H groups in total. The average molecular weight is 202 g/mol. The number of hydrogen-bond donors (Lipinski definition) is 1. The van der Waals surface area contributed by atoms with Gasteiger partial charge in [-0.25, -0.2) is 0 Å². The first kappa shape index (κ1) is 7.90. The predicted octanol–water partition coefficient (Wildman–Crippen LogP) is 2.57. The minimum absolute atomic E-state index is 0.186. The Balaban J connectivity index is 2.55. The van der Waals surface area contributed by atoms with Crippen LogP contribution in [0, 0.1) is 0 Å². The fourth-order valence-electron chi connectivity index (χ4n) is 1.19. The van der Waals surface area contributed by atoms with Crippen molar-refractivity contribution in [2.24, 2.45) is 0 Å². The van der Waals surface area contributed by atoms with Gasteiger partial charge in [-0.15, -0.1) is 11.6 Å². The number of carbonyl (C=O) groups excluding carboxylic acids is 1. The highest BCUT2D eigenvalue weighted by Gasteiger charge is 2.28. The summed E-state index contributed by atoms with van der Waals surface area (Å²) in [6.07, 6.45) is 0. The number of hydrogen-bond acceptors (Lipinski definition) is 1. The topological polar surface area (TPSA) is 29.1 Å². The van der Waals surface area contributed by atoms with Crippen molar-refractivity contribution < 1.29 is 4.79 Å². The van der Waals surface area contributed by atoms with E-state index in [4.69, 9.17) is 23.2 Å². The molecule has 0 radical (unpaired) electrons. The molecule has 0 fully saturated rings. The van der Waals surface area contributed by atoms with Crippen molar-refractivity contribution in [3.8, 4) is 0 Å². The van der Waals surface area contributed by atoms with Crippen LogP contribution in [0.25, 0.3) is 0 Å². The van der Waals surface area contributed by atoms with E-state index in [1.807, 2.05) is 0 Å². The average Bonchev–Trinajstić information content (AvgIpc) is 2.31. The summed E-state index contributed by atoms with van der Waals surface area (Å²) in [6.45, 7) is 0. The maximum Gasteiger partial charge on any atom is 0.247 e. The highest BCUT2D eigenvalue weighted by molar-refractivity contribution is 6.36. The van der Waals surface area contributed by atoms with Crippen LogP contribution in [0.4, 0.5) is 5.69 Å². The summed E-state index contributed by atoms with van der Waals surface area (Å²) in [5.41, 5.74) is 1.51. The SMILES string of the molecule is O=C1Nc2ccc(Cl)cc2C1Cl. The van der Waals surface area contributed by atoms with E-state index in [1.165, 1.54) is 0 Å². The Morgan fingerprint density at radius 1 is 1.42 bits per heavy atom. The van der Waals surface area contributed by atoms with Gasteiger partial charge in [-0.2, -0.15) is 0 Å². The van der Waals surface area contributed by atoms with E-state index in [1.54, 1.807) is 18.2 Å². The monoisotopic (exact) mass is 201 g/mol. The molecule has 1 aliphatic heterocycles. The second-order valence-electron chi connectivity index (χ2n) is 2.58. The third-order valence-corrected chi connectivity index (χ3v) is 2.44. The van der Waals surface area contributed by atoms with Crippen molar-refractivity contribution in [1.29, 1.82) is 0 Å². The van der Waals surface area contributed by atoms with E-state index in [-0.39, 0.29) is 5.91 Å². The number of carbonyl (C=O) groups is 1. The van der Waals surface area contributed by atoms with Gasteiger partial charge in [0.1, 0.15) is 5.38 Å². The Morgan fingerprint density at radius 2 is 2.17 bits per heavy atom. The predicted molar refractivity (Wildman–Crippen MR) is 48.7 cm³/mol. The maximum absolute atomic E-state index is 11.1. The number of benzene rings is 1. The lowest BCUT2D eigenvalue weighted by molar-refractivity contribution is -0.115. The molecule has 1 heterocycles. The Hall–Kier alpha value is -0.730. The lowest BCUT2D eigenvalue weighted by atomic mass is 10.2. The van der Waals surface area contributed by atoms with E-state index in [0.29, 0.717) is 5.02 Å². The van der Waals surface area contributed by atoms with Crippen molar-refractivity contribution >= 4 is 34.8 Å². The van der Waals surface area contributed by atoms with Crippen LogP contribution in [-0.2, 0) is 4.79 Å². The van der Waals surface area contributed by atoms with E-state index >= 15 is 0 Å². The summed E-state index contributed by atoms with van der Waals surface area (Å²) in [5, 5.41) is 2.64. The Kier molecular flexibility index (Phi) is 1.74. The van der Waals surface area contributed by atoms with Crippen molar-refractivity contribution in [2.75, 3.05) is 5.32 Å². The van der Waals surface area contributed by atoms with Crippen LogP contribution in [0.3, 0.4) is 0 Å². The summed E-state index contributed by atoms with van der Waals surface area (Å²) < 4.78 is 0. The summed E-state index contributed by atoms with van der Waals surface area (Å²) in [5.74, 6) is -0.186. The molecule has 1 atom stereocenters. The van der Waals surface area contributed by atoms with Gasteiger partial charge in [0, 0.05) is 16.3 Å². The van der Waals surface area contributed by atoms with Gasteiger partial charge in [0.2, 0.25) is 5.91 Å². The first-order chi connectivity index (χ1) is 5.68. The summed E-state index contributed by atoms with van der Waals surface area (Å²) >= 11 is 11.5. The van der Waals surface area contributed by atoms with E-state index in [2.05, 4.69) is 5.32 Å². The maximum atomic E-state index is 11.1. The van der Waals surface area contributed by atoms with Crippen molar-refractivity contribution in [2.45, 2.75) is 5.38 Å². The molecule has 62 valence electrons. The van der Waals surface area contributed by atoms with Crippen molar-refractivity contribution in [3.05, 3.63) is 28.8 Å². The molecule has 0 bridgehead atoms. The van der Waals surface area contributed by atoms with E-state index < -0.39 is 5.38 Å². The molecule has 0 aromatic heterocycles. The minimum Gasteiger partial charge on any atom is -0.324 e. The molecule has 1 aromatic rings. The fourth-order valence-corrected chi connectivity index (χ4v) is 1.61. The molecule has 0 spiro atoms. The molecule has 1 aromatic carbocycles. The van der Waals surface area contributed by atoms with Gasteiger partial charge in [-0.3, -0.25) is 4.79 Å². The van der Waals surface area contributed by atoms with Crippen LogP contribution in [-0.4, -0.2) is 5.91 Å². The molecule has 12 heavy (non-hydrogen) atoms. The molecule has 4 heteroatoms. The van der Waals surface area contributed by atoms with Gasteiger partial charge < -0.3 is 5.32 Å². The van der Waals surface area contributed by atoms with Gasteiger partial charge in [-0.05, 0) is 18.2 Å². The van der Waals surface area contributed by atoms with Crippen molar-refractivity contribution in [3.63, 3.8) is 0 Å². The number of alkyl halides is 1. The van der Waals surface area contributed by atoms with Gasteiger partial charge >= 0.3 is 0 Å². The summed E-state index contributed by atoms with van der Waals surface area (Å²) in [4.78, 5) is 11.1. The van der Waals surface area contributed by atoms with Crippen LogP contribution >= 0.6 is 23.2 Å². The molecule has 1 amide bonds. The third-order valence-electron chi connectivity index (χ3n) is 1.77. The Bertz CT molecular complexity index is 351. The summed E-state index contributed by atoms with van der Waals surface area (Å²) in [7, 11) is 0. The smallest absolute Gasteiger partial charge is 0.247 e. The lowest BCUT2D eigenvalue weighted by Gasteiger charge is -1.98. The van der Waals surface area contributed by atoms with E-state index in [0.717, 1.165) is 11.3 Å². The lowest BCUT2D eigenvalue weighted by Crippen LogP contribution is -2.06. The number of anilines is 1. The number of rotatable bonds is 0. The van der Waals surface area contributed by atoms with Gasteiger partial charge in [0.05, 0.1) is 0 Å². The molecular formula is C8H5Cl2NO. The zero-order valence-electron chi connectivity index (χ0n) is 5.97. The van der Waals surface area contributed by atoms with Gasteiger partial charge in [0.15, 0.2) is 0 Å². The molecule has 0 aliphatic carbocycles. The standard InChI is InChI=1S/C8H5Cl2NO/c9-4-1-2-6-5(3-4)7(10)8(12)11-6/h1-3,7H,(H,11,12). The third kappa shape index (κ3) is 1.08. The van der Waals surface area contributed by atoms with Crippen LogP contribution in [0.1, 0.15) is 10.9 Å². The van der Waals surface area contributed by atoms with Crippen molar-refractivity contribution in [1.82, 2.24) is 0 Å². The van der Waals surface area contributed by atoms with Crippen LogP contribution in [0.15, 0.2) is 18.2 Å². The minimum atomic E-state index is -0.598. The normalized spacial score (nSPS) is 20.5. The highest BCUT2D eigenvalue weighted by atomic mass is 35.5. The molecule has 0 saturated heterocycles. The zero-order chi connectivity index (χ0) is 8.72. The molecular weight excluding hydrogens is 197 g/mol. The van der Waals surface area contributed by atoms with Crippen LogP contribution in [0.5, 0.6) is 0 Å². The molecule has 2 rings (SSSR count). The summed E-state index contributed by atoms with van der Waals surface area (Å²) in [6, 6.07) is 5.17. The molecule has 0 saturated carbocycles. The van der Waals surface area contributed by atoms with E-state index in [9.17, 15) is 4.79 Å². The van der Waals surface area contributed by atoms with Crippen LogP contribution in [0.2, 0.25) is 5.02 Å². The number of amides is 1. The molecule has 1 aliphatic rings. The molecule has 2 nitrogen and oxygen atoms in total.